The van der Waals surface area contributed by atoms with Crippen molar-refractivity contribution in [3.8, 4) is 11.1 Å². The molecule has 1 aromatic heterocycles. The second-order valence-corrected chi connectivity index (χ2v) is 6.81. The van der Waals surface area contributed by atoms with Crippen molar-refractivity contribution in [3.05, 3.63) is 48.2 Å². The molecule has 1 unspecified atom stereocenters. The van der Waals surface area contributed by atoms with Crippen LogP contribution in [-0.2, 0) is 11.0 Å². The van der Waals surface area contributed by atoms with Gasteiger partial charge < -0.3 is 20.5 Å². The predicted molar refractivity (Wildman–Crippen MR) is 99.2 cm³/mol. The molecule has 1 aliphatic heterocycles. The Morgan fingerprint density at radius 3 is 2.34 bits per heavy atom. The number of pyridine rings is 1. The number of aromatic nitrogens is 1. The Hall–Kier alpha value is -3.14. The lowest BCUT2D eigenvalue weighted by Crippen LogP contribution is -2.69. The Kier molecular flexibility index (Phi) is 5.47. The number of halogens is 3. The summed E-state index contributed by atoms with van der Waals surface area (Å²) in [6.45, 7) is 0.545. The molecule has 0 aliphatic carbocycles. The van der Waals surface area contributed by atoms with Gasteiger partial charge >= 0.3 is 12.3 Å². The van der Waals surface area contributed by atoms with Crippen molar-refractivity contribution in [1.29, 1.82) is 0 Å². The van der Waals surface area contributed by atoms with E-state index in [1.807, 2.05) is 0 Å². The van der Waals surface area contributed by atoms with Crippen molar-refractivity contribution in [1.82, 2.24) is 9.88 Å². The Labute approximate surface area is 164 Å². The lowest BCUT2D eigenvalue weighted by molar-refractivity contribution is -0.137. The lowest BCUT2D eigenvalue weighted by Gasteiger charge is -2.46. The molecule has 0 spiro atoms. The summed E-state index contributed by atoms with van der Waals surface area (Å²) < 4.78 is 38.1. The zero-order chi connectivity index (χ0) is 21.2. The monoisotopic (exact) mass is 408 g/mol. The van der Waals surface area contributed by atoms with E-state index in [1.165, 1.54) is 18.3 Å². The maximum Gasteiger partial charge on any atom is 0.416 e. The van der Waals surface area contributed by atoms with Crippen LogP contribution in [0.1, 0.15) is 12.0 Å². The van der Waals surface area contributed by atoms with Crippen LogP contribution in [-0.4, -0.2) is 52.7 Å². The van der Waals surface area contributed by atoms with Gasteiger partial charge in [-0.25, -0.2) is 9.78 Å². The van der Waals surface area contributed by atoms with Crippen molar-refractivity contribution in [2.24, 2.45) is 5.73 Å². The Balaban J connectivity index is 1.78. The van der Waals surface area contributed by atoms with Crippen molar-refractivity contribution in [2.75, 3.05) is 24.5 Å². The van der Waals surface area contributed by atoms with Gasteiger partial charge in [-0.15, -0.1) is 0 Å². The molecule has 154 valence electrons. The van der Waals surface area contributed by atoms with Gasteiger partial charge in [0.15, 0.2) is 0 Å². The number of piperazine rings is 1. The minimum absolute atomic E-state index is 0.0880. The van der Waals surface area contributed by atoms with E-state index >= 15 is 0 Å². The molecule has 1 aromatic carbocycles. The third-order valence-corrected chi connectivity index (χ3v) is 4.88. The van der Waals surface area contributed by atoms with E-state index in [0.29, 0.717) is 29.8 Å². The van der Waals surface area contributed by atoms with Crippen LogP contribution in [0, 0.1) is 0 Å². The highest BCUT2D eigenvalue weighted by molar-refractivity contribution is 5.69. The van der Waals surface area contributed by atoms with Crippen LogP contribution in [0.3, 0.4) is 0 Å². The number of nitrogens with two attached hydrogens (primary N) is 1. The third kappa shape index (κ3) is 4.32. The highest BCUT2D eigenvalue weighted by Crippen LogP contribution is 2.31. The summed E-state index contributed by atoms with van der Waals surface area (Å²) in [5.74, 6) is 0.534. The molecule has 1 amide bonds. The van der Waals surface area contributed by atoms with Crippen LogP contribution >= 0.6 is 0 Å². The fourth-order valence-electron chi connectivity index (χ4n) is 3.33. The molecule has 2 aromatic rings. The first-order valence-corrected chi connectivity index (χ1v) is 8.76. The number of hydrogen-bond donors (Lipinski definition) is 2. The molecule has 0 radical (unpaired) electrons. The smallest absolute Gasteiger partial charge is 0.416 e. The molecule has 0 saturated carbocycles. The highest BCUT2D eigenvalue weighted by Gasteiger charge is 2.41. The normalized spacial score (nSPS) is 19.9. The van der Waals surface area contributed by atoms with Gasteiger partial charge in [-0.3, -0.25) is 4.90 Å². The van der Waals surface area contributed by atoms with Gasteiger partial charge in [0.25, 0.3) is 0 Å². The van der Waals surface area contributed by atoms with E-state index < -0.39 is 23.5 Å². The van der Waals surface area contributed by atoms with Crippen molar-refractivity contribution >= 4 is 18.2 Å². The highest BCUT2D eigenvalue weighted by atomic mass is 19.4. The van der Waals surface area contributed by atoms with Crippen LogP contribution < -0.4 is 10.6 Å². The van der Waals surface area contributed by atoms with Gasteiger partial charge in [-0.2, -0.15) is 13.2 Å². The van der Waals surface area contributed by atoms with Crippen molar-refractivity contribution in [3.63, 3.8) is 0 Å². The number of amides is 1. The van der Waals surface area contributed by atoms with Crippen LogP contribution in [0.4, 0.5) is 23.8 Å². The fourth-order valence-corrected chi connectivity index (χ4v) is 3.33. The zero-order valence-corrected chi connectivity index (χ0v) is 15.3. The van der Waals surface area contributed by atoms with E-state index in [-0.39, 0.29) is 19.5 Å². The lowest BCUT2D eigenvalue weighted by atomic mass is 10.0. The summed E-state index contributed by atoms with van der Waals surface area (Å²) in [7, 11) is 0. The number of carboxylic acid groups (broad SMARTS) is 1. The Bertz CT molecular complexity index is 887. The molecular formula is C19H19F3N4O3. The van der Waals surface area contributed by atoms with Gasteiger partial charge in [-0.05, 0) is 29.8 Å². The molecule has 1 aliphatic rings. The van der Waals surface area contributed by atoms with Crippen LogP contribution in [0.2, 0.25) is 0 Å². The summed E-state index contributed by atoms with van der Waals surface area (Å²) in [6, 6.07) is 8.17. The molecular weight excluding hydrogens is 389 g/mol. The van der Waals surface area contributed by atoms with Crippen LogP contribution in [0.25, 0.3) is 11.1 Å². The predicted octanol–water partition coefficient (Wildman–Crippen LogP) is 2.81. The molecule has 10 heteroatoms. The number of carbonyl (C=O) groups is 2. The molecule has 1 saturated heterocycles. The first kappa shape index (κ1) is 20.6. The number of nitrogens with zero attached hydrogens (tertiary/aromatic N) is 3. The first-order valence-electron chi connectivity index (χ1n) is 8.76. The average molecular weight is 408 g/mol. The maximum absolute atomic E-state index is 12.7. The summed E-state index contributed by atoms with van der Waals surface area (Å²) in [5.41, 5.74) is 5.30. The summed E-state index contributed by atoms with van der Waals surface area (Å²) >= 11 is 0. The molecule has 3 rings (SSSR count). The van der Waals surface area contributed by atoms with E-state index in [1.54, 1.807) is 17.0 Å². The molecule has 1 fully saturated rings. The standard InChI is InChI=1S/C19H19F3N4O3/c20-19(21,22)15-4-1-13(2-5-15)14-3-6-16(24-11-14)25-8-9-26(17(28)29)18(23,12-25)7-10-27/h1-6,10-11H,7-9,12,23H2,(H,28,29). The third-order valence-electron chi connectivity index (χ3n) is 4.88. The number of benzene rings is 1. The summed E-state index contributed by atoms with van der Waals surface area (Å²) in [6.07, 6.45) is -3.63. The van der Waals surface area contributed by atoms with Crippen LogP contribution in [0.15, 0.2) is 42.6 Å². The second-order valence-electron chi connectivity index (χ2n) is 6.81. The first-order chi connectivity index (χ1) is 13.6. The minimum Gasteiger partial charge on any atom is -0.465 e. The zero-order valence-electron chi connectivity index (χ0n) is 15.3. The van der Waals surface area contributed by atoms with Crippen molar-refractivity contribution in [2.45, 2.75) is 18.3 Å². The van der Waals surface area contributed by atoms with Gasteiger partial charge in [0.2, 0.25) is 0 Å². The van der Waals surface area contributed by atoms with Gasteiger partial charge in [0, 0.05) is 31.3 Å². The molecule has 29 heavy (non-hydrogen) atoms. The van der Waals surface area contributed by atoms with E-state index in [4.69, 9.17) is 5.73 Å². The Morgan fingerprint density at radius 1 is 1.17 bits per heavy atom. The van der Waals surface area contributed by atoms with Gasteiger partial charge in [0.05, 0.1) is 12.1 Å². The largest absolute Gasteiger partial charge is 0.465 e. The second kappa shape index (κ2) is 7.70. The molecule has 3 N–H and O–H groups in total. The van der Waals surface area contributed by atoms with Gasteiger partial charge in [0.1, 0.15) is 17.8 Å². The number of aldehydes is 1. The number of carbonyl (C=O) groups excluding carboxylic acids is 1. The number of rotatable bonds is 4. The summed E-state index contributed by atoms with van der Waals surface area (Å²) in [5, 5.41) is 9.32. The van der Waals surface area contributed by atoms with Crippen molar-refractivity contribution < 1.29 is 27.9 Å². The maximum atomic E-state index is 12.7. The van der Waals surface area contributed by atoms with Crippen LogP contribution in [0.5, 0.6) is 0 Å². The minimum atomic E-state index is -4.39. The molecule has 2 heterocycles. The van der Waals surface area contributed by atoms with E-state index in [9.17, 15) is 27.9 Å². The SMILES string of the molecule is NC1(CC=O)CN(c2ccc(-c3ccc(C(F)(F)F)cc3)cn2)CCN1C(=O)O. The topological polar surface area (TPSA) is 99.8 Å². The molecule has 7 nitrogen and oxygen atoms in total. The fraction of sp³-hybridized carbons (Fsp3) is 0.316. The summed E-state index contributed by atoms with van der Waals surface area (Å²) in [4.78, 5) is 29.5. The molecule has 0 bridgehead atoms. The van der Waals surface area contributed by atoms with E-state index in [0.717, 1.165) is 17.0 Å². The number of alkyl halides is 3. The number of anilines is 1. The van der Waals surface area contributed by atoms with Gasteiger partial charge in [-0.1, -0.05) is 12.1 Å². The quantitative estimate of drug-likeness (QED) is 0.755. The average Bonchev–Trinajstić information content (AvgIpc) is 2.67. The Morgan fingerprint density at radius 2 is 1.83 bits per heavy atom. The molecule has 1 atom stereocenters. The van der Waals surface area contributed by atoms with E-state index in [2.05, 4.69) is 4.98 Å². The number of hydrogen-bond acceptors (Lipinski definition) is 5.